The van der Waals surface area contributed by atoms with Crippen LogP contribution in [-0.2, 0) is 0 Å². The number of hydrogen-bond acceptors (Lipinski definition) is 0. The third-order valence-electron chi connectivity index (χ3n) is 3.40. The SMILES string of the molecule is Cc1cc(C)cc(C2C=Cc3ccccc32)c1. The van der Waals surface area contributed by atoms with Crippen molar-refractivity contribution in [3.05, 3.63) is 76.4 Å². The van der Waals surface area contributed by atoms with E-state index in [1.807, 2.05) is 0 Å². The summed E-state index contributed by atoms with van der Waals surface area (Å²) in [6, 6.07) is 15.5. The molecule has 17 heavy (non-hydrogen) atoms. The van der Waals surface area contributed by atoms with Crippen LogP contribution in [0, 0.1) is 13.8 Å². The summed E-state index contributed by atoms with van der Waals surface area (Å²) >= 11 is 0. The van der Waals surface area contributed by atoms with E-state index in [4.69, 9.17) is 0 Å². The predicted molar refractivity (Wildman–Crippen MR) is 73.2 cm³/mol. The van der Waals surface area contributed by atoms with Crippen LogP contribution >= 0.6 is 0 Å². The Morgan fingerprint density at radius 1 is 0.882 bits per heavy atom. The van der Waals surface area contributed by atoms with Gasteiger partial charge < -0.3 is 0 Å². The van der Waals surface area contributed by atoms with Crippen molar-refractivity contribution in [3.8, 4) is 0 Å². The van der Waals surface area contributed by atoms with E-state index in [1.54, 1.807) is 0 Å². The van der Waals surface area contributed by atoms with Crippen LogP contribution in [0.25, 0.3) is 6.08 Å². The molecule has 1 aliphatic rings. The maximum atomic E-state index is 2.30. The third-order valence-corrected chi connectivity index (χ3v) is 3.40. The zero-order valence-electron chi connectivity index (χ0n) is 10.3. The summed E-state index contributed by atoms with van der Waals surface area (Å²) in [7, 11) is 0. The molecule has 3 rings (SSSR count). The molecule has 2 aromatic carbocycles. The lowest BCUT2D eigenvalue weighted by Crippen LogP contribution is -1.97. The Morgan fingerprint density at radius 3 is 2.35 bits per heavy atom. The zero-order valence-corrected chi connectivity index (χ0v) is 10.3. The average Bonchev–Trinajstić information content (AvgIpc) is 2.71. The van der Waals surface area contributed by atoms with E-state index < -0.39 is 0 Å². The summed E-state index contributed by atoms with van der Waals surface area (Å²) in [5.74, 6) is 0.435. The summed E-state index contributed by atoms with van der Waals surface area (Å²) in [5.41, 5.74) is 6.88. The van der Waals surface area contributed by atoms with E-state index in [-0.39, 0.29) is 0 Å². The largest absolute Gasteiger partial charge is 0.0720 e. The van der Waals surface area contributed by atoms with Crippen LogP contribution in [0.15, 0.2) is 48.5 Å². The maximum absolute atomic E-state index is 2.30. The van der Waals surface area contributed by atoms with E-state index in [0.29, 0.717) is 5.92 Å². The van der Waals surface area contributed by atoms with Crippen molar-refractivity contribution in [3.63, 3.8) is 0 Å². The molecule has 0 heteroatoms. The van der Waals surface area contributed by atoms with Crippen LogP contribution in [0.5, 0.6) is 0 Å². The van der Waals surface area contributed by atoms with Gasteiger partial charge in [-0.2, -0.15) is 0 Å². The van der Waals surface area contributed by atoms with E-state index >= 15 is 0 Å². The molecule has 0 aromatic heterocycles. The highest BCUT2D eigenvalue weighted by Gasteiger charge is 2.18. The molecule has 0 N–H and O–H groups in total. The smallest absolute Gasteiger partial charge is 0.0278 e. The molecule has 1 atom stereocenters. The Bertz CT molecular complexity index is 570. The first-order chi connectivity index (χ1) is 8.24. The van der Waals surface area contributed by atoms with Gasteiger partial charge in [-0.15, -0.1) is 0 Å². The number of fused-ring (bicyclic) bond motifs is 1. The molecule has 2 aromatic rings. The van der Waals surface area contributed by atoms with E-state index in [9.17, 15) is 0 Å². The minimum atomic E-state index is 0.435. The minimum absolute atomic E-state index is 0.435. The highest BCUT2D eigenvalue weighted by Crippen LogP contribution is 2.35. The van der Waals surface area contributed by atoms with Crippen LogP contribution in [0.3, 0.4) is 0 Å². The van der Waals surface area contributed by atoms with Crippen molar-refractivity contribution in [2.24, 2.45) is 0 Å². The van der Waals surface area contributed by atoms with Crippen molar-refractivity contribution in [2.75, 3.05) is 0 Å². The predicted octanol–water partition coefficient (Wildman–Crippen LogP) is 4.46. The van der Waals surface area contributed by atoms with Crippen LogP contribution < -0.4 is 0 Å². The van der Waals surface area contributed by atoms with Crippen LogP contribution in [-0.4, -0.2) is 0 Å². The Morgan fingerprint density at radius 2 is 1.59 bits per heavy atom. The fourth-order valence-electron chi connectivity index (χ4n) is 2.73. The molecule has 0 radical (unpaired) electrons. The first kappa shape index (κ1) is 10.3. The normalized spacial score (nSPS) is 17.2. The van der Waals surface area contributed by atoms with Gasteiger partial charge in [0.25, 0.3) is 0 Å². The van der Waals surface area contributed by atoms with E-state index in [1.165, 1.54) is 27.8 Å². The fourth-order valence-corrected chi connectivity index (χ4v) is 2.73. The van der Waals surface area contributed by atoms with E-state index in [0.717, 1.165) is 0 Å². The summed E-state index contributed by atoms with van der Waals surface area (Å²) in [6.45, 7) is 4.34. The van der Waals surface area contributed by atoms with Crippen molar-refractivity contribution in [1.82, 2.24) is 0 Å². The monoisotopic (exact) mass is 220 g/mol. The van der Waals surface area contributed by atoms with Gasteiger partial charge in [-0.1, -0.05) is 65.7 Å². The summed E-state index contributed by atoms with van der Waals surface area (Å²) in [6.07, 6.45) is 4.54. The zero-order chi connectivity index (χ0) is 11.8. The van der Waals surface area contributed by atoms with Crippen molar-refractivity contribution in [1.29, 1.82) is 0 Å². The summed E-state index contributed by atoms with van der Waals surface area (Å²) in [4.78, 5) is 0. The Labute approximate surface area is 103 Å². The second kappa shape index (κ2) is 3.89. The number of rotatable bonds is 1. The molecule has 0 heterocycles. The molecule has 1 aliphatic carbocycles. The van der Waals surface area contributed by atoms with Gasteiger partial charge in [-0.25, -0.2) is 0 Å². The molecule has 0 saturated heterocycles. The molecule has 0 saturated carbocycles. The van der Waals surface area contributed by atoms with Gasteiger partial charge >= 0.3 is 0 Å². The average molecular weight is 220 g/mol. The minimum Gasteiger partial charge on any atom is -0.0720 e. The Kier molecular flexibility index (Phi) is 2.36. The second-order valence-corrected chi connectivity index (χ2v) is 4.89. The molecule has 0 bridgehead atoms. The molecule has 0 nitrogen and oxygen atoms in total. The van der Waals surface area contributed by atoms with Gasteiger partial charge in [0.2, 0.25) is 0 Å². The molecule has 84 valence electrons. The van der Waals surface area contributed by atoms with Crippen molar-refractivity contribution < 1.29 is 0 Å². The number of allylic oxidation sites excluding steroid dienone is 1. The topological polar surface area (TPSA) is 0 Å². The molecule has 0 fully saturated rings. The van der Waals surface area contributed by atoms with Gasteiger partial charge in [-0.3, -0.25) is 0 Å². The van der Waals surface area contributed by atoms with Gasteiger partial charge in [0.05, 0.1) is 0 Å². The second-order valence-electron chi connectivity index (χ2n) is 4.89. The van der Waals surface area contributed by atoms with Gasteiger partial charge in [0.15, 0.2) is 0 Å². The molecule has 0 spiro atoms. The van der Waals surface area contributed by atoms with Crippen molar-refractivity contribution in [2.45, 2.75) is 19.8 Å². The Hall–Kier alpha value is -1.82. The summed E-state index contributed by atoms with van der Waals surface area (Å²) < 4.78 is 0. The number of benzene rings is 2. The summed E-state index contributed by atoms with van der Waals surface area (Å²) in [5, 5.41) is 0. The lowest BCUT2D eigenvalue weighted by atomic mass is 9.91. The highest BCUT2D eigenvalue weighted by atomic mass is 14.2. The van der Waals surface area contributed by atoms with Crippen LogP contribution in [0.4, 0.5) is 0 Å². The number of aryl methyl sites for hydroxylation is 2. The van der Waals surface area contributed by atoms with Crippen molar-refractivity contribution >= 4 is 6.08 Å². The maximum Gasteiger partial charge on any atom is 0.0278 e. The highest BCUT2D eigenvalue weighted by molar-refractivity contribution is 5.65. The first-order valence-corrected chi connectivity index (χ1v) is 6.09. The molecule has 0 amide bonds. The van der Waals surface area contributed by atoms with E-state index in [2.05, 4.69) is 68.5 Å². The lowest BCUT2D eigenvalue weighted by Gasteiger charge is -2.13. The standard InChI is InChI=1S/C17H16/c1-12-9-13(2)11-15(10-12)17-8-7-14-5-3-4-6-16(14)17/h3-11,17H,1-2H3. The first-order valence-electron chi connectivity index (χ1n) is 6.09. The lowest BCUT2D eigenvalue weighted by molar-refractivity contribution is 1.04. The quantitative estimate of drug-likeness (QED) is 0.665. The van der Waals surface area contributed by atoms with Gasteiger partial charge in [-0.05, 0) is 30.5 Å². The third kappa shape index (κ3) is 1.80. The Balaban J connectivity index is 2.10. The molecule has 1 unspecified atom stereocenters. The molecule has 0 aliphatic heterocycles. The molecular weight excluding hydrogens is 204 g/mol. The van der Waals surface area contributed by atoms with Crippen LogP contribution in [0.2, 0.25) is 0 Å². The van der Waals surface area contributed by atoms with Crippen LogP contribution in [0.1, 0.15) is 33.7 Å². The molecular formula is C17H16. The van der Waals surface area contributed by atoms with Gasteiger partial charge in [0.1, 0.15) is 0 Å². The fraction of sp³-hybridized carbons (Fsp3) is 0.176. The number of hydrogen-bond donors (Lipinski definition) is 0. The van der Waals surface area contributed by atoms with Gasteiger partial charge in [0, 0.05) is 5.92 Å².